The third-order valence-corrected chi connectivity index (χ3v) is 5.41. The van der Waals surface area contributed by atoms with Crippen molar-refractivity contribution in [1.29, 1.82) is 0 Å². The molecule has 6 heteroatoms. The van der Waals surface area contributed by atoms with Crippen LogP contribution in [0.3, 0.4) is 0 Å². The van der Waals surface area contributed by atoms with Gasteiger partial charge >= 0.3 is 0 Å². The highest BCUT2D eigenvalue weighted by Gasteiger charge is 2.23. The van der Waals surface area contributed by atoms with E-state index < -0.39 is 0 Å². The Kier molecular flexibility index (Phi) is 5.58. The van der Waals surface area contributed by atoms with Crippen molar-refractivity contribution in [2.45, 2.75) is 31.8 Å². The molecule has 1 atom stereocenters. The SMILES string of the molecule is COc1ccc([C@H](C)NC2CCN(c3nccs3)CC2)c(OC)c1. The van der Waals surface area contributed by atoms with Crippen LogP contribution < -0.4 is 19.7 Å². The van der Waals surface area contributed by atoms with E-state index in [-0.39, 0.29) is 6.04 Å². The number of nitrogens with one attached hydrogen (secondary N) is 1. The number of methoxy groups -OCH3 is 2. The van der Waals surface area contributed by atoms with Gasteiger partial charge in [-0.25, -0.2) is 4.98 Å². The molecule has 2 heterocycles. The van der Waals surface area contributed by atoms with Crippen molar-refractivity contribution in [1.82, 2.24) is 10.3 Å². The topological polar surface area (TPSA) is 46.6 Å². The zero-order valence-corrected chi connectivity index (χ0v) is 15.3. The third-order valence-electron chi connectivity index (χ3n) is 4.58. The standard InChI is InChI=1S/C18H25N3O2S/c1-13(16-5-4-15(22-2)12-17(16)23-3)20-14-6-9-21(10-7-14)18-19-8-11-24-18/h4-5,8,11-14,20H,6-7,9-10H2,1-3H3/t13-/m0/s1. The van der Waals surface area contributed by atoms with Gasteiger partial charge in [-0.15, -0.1) is 11.3 Å². The smallest absolute Gasteiger partial charge is 0.185 e. The van der Waals surface area contributed by atoms with Gasteiger partial charge in [-0.3, -0.25) is 0 Å². The summed E-state index contributed by atoms with van der Waals surface area (Å²) in [6.45, 7) is 4.30. The van der Waals surface area contributed by atoms with Crippen molar-refractivity contribution in [3.63, 3.8) is 0 Å². The molecule has 1 aliphatic rings. The largest absolute Gasteiger partial charge is 0.497 e. The summed E-state index contributed by atoms with van der Waals surface area (Å²) in [5.41, 5.74) is 1.17. The number of aromatic nitrogens is 1. The van der Waals surface area contributed by atoms with Gasteiger partial charge in [0.15, 0.2) is 5.13 Å². The zero-order chi connectivity index (χ0) is 16.9. The molecule has 1 aliphatic heterocycles. The third kappa shape index (κ3) is 3.82. The molecule has 1 N–H and O–H groups in total. The zero-order valence-electron chi connectivity index (χ0n) is 14.5. The number of benzene rings is 1. The normalized spacial score (nSPS) is 16.9. The number of anilines is 1. The first-order chi connectivity index (χ1) is 11.7. The van der Waals surface area contributed by atoms with E-state index in [1.807, 2.05) is 23.7 Å². The molecule has 0 spiro atoms. The lowest BCUT2D eigenvalue weighted by atomic mass is 10.0. The Bertz CT molecular complexity index is 640. The van der Waals surface area contributed by atoms with Crippen LogP contribution in [-0.2, 0) is 0 Å². The first-order valence-electron chi connectivity index (χ1n) is 8.33. The fourth-order valence-corrected chi connectivity index (χ4v) is 3.93. The molecular formula is C18H25N3O2S. The molecule has 1 fully saturated rings. The van der Waals surface area contributed by atoms with Gasteiger partial charge < -0.3 is 19.7 Å². The van der Waals surface area contributed by atoms with E-state index in [0.717, 1.165) is 42.6 Å². The maximum absolute atomic E-state index is 5.53. The summed E-state index contributed by atoms with van der Waals surface area (Å²) < 4.78 is 10.8. The first-order valence-corrected chi connectivity index (χ1v) is 9.21. The van der Waals surface area contributed by atoms with Crippen molar-refractivity contribution < 1.29 is 9.47 Å². The van der Waals surface area contributed by atoms with Crippen LogP contribution in [0.15, 0.2) is 29.8 Å². The molecule has 0 bridgehead atoms. The minimum atomic E-state index is 0.238. The van der Waals surface area contributed by atoms with Crippen molar-refractivity contribution in [3.05, 3.63) is 35.3 Å². The summed E-state index contributed by atoms with van der Waals surface area (Å²) in [5.74, 6) is 1.69. The molecule has 0 radical (unpaired) electrons. The molecule has 24 heavy (non-hydrogen) atoms. The second-order valence-electron chi connectivity index (χ2n) is 6.07. The molecule has 2 aromatic rings. The van der Waals surface area contributed by atoms with Crippen LogP contribution in [-0.4, -0.2) is 38.3 Å². The molecule has 1 aromatic heterocycles. The average Bonchev–Trinajstić information content (AvgIpc) is 3.16. The van der Waals surface area contributed by atoms with E-state index in [1.165, 1.54) is 5.56 Å². The highest BCUT2D eigenvalue weighted by Crippen LogP contribution is 2.30. The molecule has 0 amide bonds. The lowest BCUT2D eigenvalue weighted by molar-refractivity contribution is 0.361. The number of hydrogen-bond donors (Lipinski definition) is 1. The van der Waals surface area contributed by atoms with Crippen molar-refractivity contribution in [3.8, 4) is 11.5 Å². The van der Waals surface area contributed by atoms with Crippen molar-refractivity contribution >= 4 is 16.5 Å². The second kappa shape index (κ2) is 7.85. The van der Waals surface area contributed by atoms with Crippen molar-refractivity contribution in [2.24, 2.45) is 0 Å². The van der Waals surface area contributed by atoms with Gasteiger partial charge in [0.25, 0.3) is 0 Å². The Hall–Kier alpha value is -1.79. The average molecular weight is 347 g/mol. The number of hydrogen-bond acceptors (Lipinski definition) is 6. The van der Waals surface area contributed by atoms with E-state index in [9.17, 15) is 0 Å². The minimum absolute atomic E-state index is 0.238. The molecule has 0 unspecified atom stereocenters. The summed E-state index contributed by atoms with van der Waals surface area (Å²) in [6.07, 6.45) is 4.13. The van der Waals surface area contributed by atoms with E-state index in [4.69, 9.17) is 9.47 Å². The van der Waals surface area contributed by atoms with Gasteiger partial charge in [0.1, 0.15) is 11.5 Å². The van der Waals surface area contributed by atoms with Crippen LogP contribution in [0, 0.1) is 0 Å². The number of piperidine rings is 1. The Morgan fingerprint density at radius 1 is 1.25 bits per heavy atom. The summed E-state index contributed by atoms with van der Waals surface area (Å²) in [7, 11) is 3.38. The van der Waals surface area contributed by atoms with Gasteiger partial charge in [0.2, 0.25) is 0 Å². The lowest BCUT2D eigenvalue weighted by Gasteiger charge is -2.34. The highest BCUT2D eigenvalue weighted by atomic mass is 32.1. The van der Waals surface area contributed by atoms with E-state index in [1.54, 1.807) is 25.6 Å². The predicted octanol–water partition coefficient (Wildman–Crippen LogP) is 3.48. The highest BCUT2D eigenvalue weighted by molar-refractivity contribution is 7.13. The lowest BCUT2D eigenvalue weighted by Crippen LogP contribution is -2.43. The minimum Gasteiger partial charge on any atom is -0.497 e. The molecule has 3 rings (SSSR count). The molecule has 0 saturated carbocycles. The molecular weight excluding hydrogens is 322 g/mol. The van der Waals surface area contributed by atoms with Gasteiger partial charge in [-0.1, -0.05) is 6.07 Å². The van der Waals surface area contributed by atoms with Gasteiger partial charge in [0.05, 0.1) is 14.2 Å². The van der Waals surface area contributed by atoms with Crippen LogP contribution in [0.5, 0.6) is 11.5 Å². The van der Waals surface area contributed by atoms with Crippen LogP contribution in [0.2, 0.25) is 0 Å². The molecule has 130 valence electrons. The van der Waals surface area contributed by atoms with Crippen molar-refractivity contribution in [2.75, 3.05) is 32.2 Å². The van der Waals surface area contributed by atoms with Crippen LogP contribution >= 0.6 is 11.3 Å². The van der Waals surface area contributed by atoms with Gasteiger partial charge in [-0.05, 0) is 25.8 Å². The summed E-state index contributed by atoms with van der Waals surface area (Å²) in [4.78, 5) is 6.78. The number of rotatable bonds is 6. The van der Waals surface area contributed by atoms with Crippen LogP contribution in [0.1, 0.15) is 31.4 Å². The quantitative estimate of drug-likeness (QED) is 0.867. The van der Waals surface area contributed by atoms with Crippen LogP contribution in [0.25, 0.3) is 0 Å². The Balaban J connectivity index is 1.59. The Morgan fingerprint density at radius 2 is 2.04 bits per heavy atom. The molecule has 1 aromatic carbocycles. The number of ether oxygens (including phenoxy) is 2. The number of nitrogens with zero attached hydrogens (tertiary/aromatic N) is 2. The molecule has 5 nitrogen and oxygen atoms in total. The monoisotopic (exact) mass is 347 g/mol. The van der Waals surface area contributed by atoms with Gasteiger partial charge in [0, 0.05) is 48.4 Å². The second-order valence-corrected chi connectivity index (χ2v) is 6.95. The van der Waals surface area contributed by atoms with Crippen LogP contribution in [0.4, 0.5) is 5.13 Å². The first kappa shape index (κ1) is 17.0. The van der Waals surface area contributed by atoms with E-state index in [2.05, 4.69) is 28.2 Å². The summed E-state index contributed by atoms with van der Waals surface area (Å²) in [5, 5.41) is 6.93. The summed E-state index contributed by atoms with van der Waals surface area (Å²) in [6, 6.07) is 6.77. The summed E-state index contributed by atoms with van der Waals surface area (Å²) >= 11 is 1.72. The Labute approximate surface area is 147 Å². The number of thiazole rings is 1. The predicted molar refractivity (Wildman–Crippen MR) is 98.4 cm³/mol. The van der Waals surface area contributed by atoms with Gasteiger partial charge in [-0.2, -0.15) is 0 Å². The van der Waals surface area contributed by atoms with E-state index >= 15 is 0 Å². The Morgan fingerprint density at radius 3 is 2.67 bits per heavy atom. The maximum Gasteiger partial charge on any atom is 0.185 e. The maximum atomic E-state index is 5.53. The van der Waals surface area contributed by atoms with E-state index in [0.29, 0.717) is 6.04 Å². The fraction of sp³-hybridized carbons (Fsp3) is 0.500. The fourth-order valence-electron chi connectivity index (χ4n) is 3.23. The molecule has 1 saturated heterocycles. The molecule has 0 aliphatic carbocycles.